The molecule has 0 bridgehead atoms. The minimum absolute atomic E-state index is 0.262. The van der Waals surface area contributed by atoms with E-state index >= 15 is 0 Å². The molecule has 2 unspecified atom stereocenters. The van der Waals surface area contributed by atoms with Gasteiger partial charge in [0.2, 0.25) is 0 Å². The second-order valence-electron chi connectivity index (χ2n) is 4.26. The fourth-order valence-corrected chi connectivity index (χ4v) is 1.73. The van der Waals surface area contributed by atoms with Crippen LogP contribution in [0.25, 0.3) is 0 Å². The number of rotatable bonds is 2. The van der Waals surface area contributed by atoms with Gasteiger partial charge in [0.25, 0.3) is 0 Å². The average molecular weight is 189 g/mol. The number of aryl methyl sites for hydroxylation is 1. The van der Waals surface area contributed by atoms with Gasteiger partial charge in [-0.15, -0.1) is 0 Å². The van der Waals surface area contributed by atoms with Crippen LogP contribution in [0.4, 0.5) is 5.69 Å². The number of nitrogens with two attached hydrogens (primary N) is 1. The second-order valence-corrected chi connectivity index (χ2v) is 4.26. The molecule has 0 radical (unpaired) electrons. The van der Waals surface area contributed by atoms with Gasteiger partial charge in [0.1, 0.15) is 0 Å². The van der Waals surface area contributed by atoms with Gasteiger partial charge in [0.15, 0.2) is 5.78 Å². The SMILES string of the molecule is Cc1cc(C(=O)C2CC2C)ccc1N. The molecule has 2 atom stereocenters. The van der Waals surface area contributed by atoms with Gasteiger partial charge in [0.05, 0.1) is 0 Å². The summed E-state index contributed by atoms with van der Waals surface area (Å²) in [5.74, 6) is 1.11. The highest BCUT2D eigenvalue weighted by Crippen LogP contribution is 2.40. The van der Waals surface area contributed by atoms with Crippen molar-refractivity contribution in [2.45, 2.75) is 20.3 Å². The molecule has 1 aromatic carbocycles. The third kappa shape index (κ3) is 1.52. The van der Waals surface area contributed by atoms with Crippen LogP contribution < -0.4 is 5.73 Å². The minimum atomic E-state index is 0.262. The average Bonchev–Trinajstić information content (AvgIpc) is 2.86. The van der Waals surface area contributed by atoms with Crippen molar-refractivity contribution < 1.29 is 4.79 Å². The Labute approximate surface area is 84.1 Å². The van der Waals surface area contributed by atoms with Crippen LogP contribution in [-0.4, -0.2) is 5.78 Å². The van der Waals surface area contributed by atoms with E-state index in [1.165, 1.54) is 0 Å². The van der Waals surface area contributed by atoms with Gasteiger partial charge < -0.3 is 5.73 Å². The van der Waals surface area contributed by atoms with Gasteiger partial charge in [-0.2, -0.15) is 0 Å². The normalized spacial score (nSPS) is 24.7. The lowest BCUT2D eigenvalue weighted by Gasteiger charge is -2.03. The quantitative estimate of drug-likeness (QED) is 0.573. The summed E-state index contributed by atoms with van der Waals surface area (Å²) in [7, 11) is 0. The maximum Gasteiger partial charge on any atom is 0.166 e. The summed E-state index contributed by atoms with van der Waals surface area (Å²) in [6.45, 7) is 4.05. The zero-order valence-corrected chi connectivity index (χ0v) is 8.58. The Balaban J connectivity index is 2.24. The standard InChI is InChI=1S/C12H15NO/c1-7-6-10(7)12(14)9-3-4-11(13)8(2)5-9/h3-5,7,10H,6,13H2,1-2H3. The van der Waals surface area contributed by atoms with E-state index in [0.717, 1.165) is 23.2 Å². The molecule has 1 fully saturated rings. The lowest BCUT2D eigenvalue weighted by atomic mass is 10.0. The lowest BCUT2D eigenvalue weighted by molar-refractivity contribution is 0.0962. The highest BCUT2D eigenvalue weighted by molar-refractivity contribution is 6.00. The summed E-state index contributed by atoms with van der Waals surface area (Å²) >= 11 is 0. The Morgan fingerprint density at radius 2 is 2.14 bits per heavy atom. The van der Waals surface area contributed by atoms with Crippen LogP contribution in [0.1, 0.15) is 29.3 Å². The molecule has 74 valence electrons. The Bertz CT molecular complexity index is 384. The first kappa shape index (κ1) is 9.25. The summed E-state index contributed by atoms with van der Waals surface area (Å²) < 4.78 is 0. The van der Waals surface area contributed by atoms with Crippen LogP contribution in [0, 0.1) is 18.8 Å². The van der Waals surface area contributed by atoms with E-state index in [1.807, 2.05) is 25.1 Å². The molecule has 14 heavy (non-hydrogen) atoms. The Kier molecular flexibility index (Phi) is 2.06. The second kappa shape index (κ2) is 3.12. The van der Waals surface area contributed by atoms with E-state index in [2.05, 4.69) is 6.92 Å². The molecular weight excluding hydrogens is 174 g/mol. The molecule has 1 aliphatic carbocycles. The molecule has 2 rings (SSSR count). The van der Waals surface area contributed by atoms with Crippen molar-refractivity contribution in [1.82, 2.24) is 0 Å². The lowest BCUT2D eigenvalue weighted by Crippen LogP contribution is -2.03. The third-order valence-electron chi connectivity index (χ3n) is 3.00. The van der Waals surface area contributed by atoms with E-state index in [1.54, 1.807) is 0 Å². The fourth-order valence-electron chi connectivity index (χ4n) is 1.73. The van der Waals surface area contributed by atoms with Crippen molar-refractivity contribution in [2.24, 2.45) is 11.8 Å². The molecule has 2 heteroatoms. The molecule has 0 heterocycles. The maximum atomic E-state index is 11.8. The zero-order chi connectivity index (χ0) is 10.3. The summed E-state index contributed by atoms with van der Waals surface area (Å²) in [6.07, 6.45) is 1.04. The monoisotopic (exact) mass is 189 g/mol. The van der Waals surface area contributed by atoms with Gasteiger partial charge in [-0.25, -0.2) is 0 Å². The molecule has 1 aromatic rings. The first-order chi connectivity index (χ1) is 6.59. The summed E-state index contributed by atoms with van der Waals surface area (Å²) in [5, 5.41) is 0. The minimum Gasteiger partial charge on any atom is -0.399 e. The van der Waals surface area contributed by atoms with Crippen molar-refractivity contribution in [2.75, 3.05) is 5.73 Å². The van der Waals surface area contributed by atoms with Crippen LogP contribution in [-0.2, 0) is 0 Å². The van der Waals surface area contributed by atoms with E-state index in [9.17, 15) is 4.79 Å². The molecule has 2 nitrogen and oxygen atoms in total. The summed E-state index contributed by atoms with van der Waals surface area (Å²) in [5.41, 5.74) is 8.25. The van der Waals surface area contributed by atoms with Gasteiger partial charge in [-0.05, 0) is 43.0 Å². The van der Waals surface area contributed by atoms with Crippen molar-refractivity contribution in [3.63, 3.8) is 0 Å². The predicted octanol–water partition coefficient (Wildman–Crippen LogP) is 2.42. The summed E-state index contributed by atoms with van der Waals surface area (Å²) in [6, 6.07) is 5.54. The molecular formula is C12H15NO. The highest BCUT2D eigenvalue weighted by atomic mass is 16.1. The number of carbonyl (C=O) groups excluding carboxylic acids is 1. The smallest absolute Gasteiger partial charge is 0.166 e. The number of benzene rings is 1. The number of Topliss-reactive ketones (excluding diaryl/α,β-unsaturated/α-hetero) is 1. The van der Waals surface area contributed by atoms with Gasteiger partial charge in [-0.3, -0.25) is 4.79 Å². The fraction of sp³-hybridized carbons (Fsp3) is 0.417. The third-order valence-corrected chi connectivity index (χ3v) is 3.00. The van der Waals surface area contributed by atoms with Gasteiger partial charge in [-0.1, -0.05) is 6.92 Å². The van der Waals surface area contributed by atoms with E-state index in [-0.39, 0.29) is 11.7 Å². The van der Waals surface area contributed by atoms with Crippen molar-refractivity contribution in [3.05, 3.63) is 29.3 Å². The van der Waals surface area contributed by atoms with Crippen LogP contribution in [0.2, 0.25) is 0 Å². The maximum absolute atomic E-state index is 11.8. The van der Waals surface area contributed by atoms with E-state index in [0.29, 0.717) is 5.92 Å². The Morgan fingerprint density at radius 3 is 2.64 bits per heavy atom. The molecule has 1 saturated carbocycles. The number of hydrogen-bond donors (Lipinski definition) is 1. The Hall–Kier alpha value is -1.31. The zero-order valence-electron chi connectivity index (χ0n) is 8.58. The molecule has 0 aliphatic heterocycles. The first-order valence-corrected chi connectivity index (χ1v) is 5.00. The molecule has 0 saturated heterocycles. The molecule has 0 spiro atoms. The number of nitrogen functional groups attached to an aromatic ring is 1. The van der Waals surface area contributed by atoms with Crippen molar-refractivity contribution in [3.8, 4) is 0 Å². The Morgan fingerprint density at radius 1 is 1.50 bits per heavy atom. The van der Waals surface area contributed by atoms with Crippen molar-refractivity contribution >= 4 is 11.5 Å². The molecule has 2 N–H and O–H groups in total. The number of hydrogen-bond acceptors (Lipinski definition) is 2. The highest BCUT2D eigenvalue weighted by Gasteiger charge is 2.39. The van der Waals surface area contributed by atoms with Crippen LogP contribution in [0.5, 0.6) is 0 Å². The van der Waals surface area contributed by atoms with E-state index in [4.69, 9.17) is 5.73 Å². The first-order valence-electron chi connectivity index (χ1n) is 5.00. The van der Waals surface area contributed by atoms with Gasteiger partial charge in [0, 0.05) is 17.2 Å². The van der Waals surface area contributed by atoms with Crippen LogP contribution in [0.15, 0.2) is 18.2 Å². The van der Waals surface area contributed by atoms with E-state index < -0.39 is 0 Å². The number of ketones is 1. The topological polar surface area (TPSA) is 43.1 Å². The summed E-state index contributed by atoms with van der Waals surface area (Å²) in [4.78, 5) is 11.8. The molecule has 0 aromatic heterocycles. The largest absolute Gasteiger partial charge is 0.399 e. The van der Waals surface area contributed by atoms with Gasteiger partial charge >= 0.3 is 0 Å². The molecule has 0 amide bonds. The number of anilines is 1. The van der Waals surface area contributed by atoms with Crippen molar-refractivity contribution in [1.29, 1.82) is 0 Å². The molecule has 1 aliphatic rings. The number of carbonyl (C=O) groups is 1. The van der Waals surface area contributed by atoms with Crippen LogP contribution in [0.3, 0.4) is 0 Å². The van der Waals surface area contributed by atoms with Crippen LogP contribution >= 0.6 is 0 Å². The predicted molar refractivity (Wildman–Crippen MR) is 57.2 cm³/mol.